The van der Waals surface area contributed by atoms with Crippen LogP contribution in [0.2, 0.25) is 0 Å². The van der Waals surface area contributed by atoms with Gasteiger partial charge in [0, 0.05) is 6.42 Å². The Morgan fingerprint density at radius 1 is 0.952 bits per heavy atom. The third kappa shape index (κ3) is 4.48. The first-order valence-corrected chi connectivity index (χ1v) is 7.25. The van der Waals surface area contributed by atoms with Crippen LogP contribution in [0.3, 0.4) is 0 Å². The first-order chi connectivity index (χ1) is 9.84. The number of carbonyl (C=O) groups excluding carboxylic acids is 1. The molecule has 0 unspecified atom stereocenters. The highest BCUT2D eigenvalue weighted by molar-refractivity contribution is 5.82. The number of aromatic nitrogens is 2. The topological polar surface area (TPSA) is 42.9 Å². The lowest BCUT2D eigenvalue weighted by Crippen LogP contribution is -2.12. The fourth-order valence-corrected chi connectivity index (χ4v) is 2.14. The van der Waals surface area contributed by atoms with Crippen molar-refractivity contribution in [3.63, 3.8) is 0 Å². The molecule has 0 fully saturated rings. The first kappa shape index (κ1) is 15.4. The standard InChI is InChI=1S/C18H22N2O/c1-13-5-10-16(20-19-13)12-17(21)11-14-6-8-15(9-7-14)18(2,3)4/h5-10H,11-12H2,1-4H3. The Balaban J connectivity index is 1.98. The highest BCUT2D eigenvalue weighted by atomic mass is 16.1. The minimum absolute atomic E-state index is 0.139. The van der Waals surface area contributed by atoms with E-state index in [1.54, 1.807) is 0 Å². The van der Waals surface area contributed by atoms with Gasteiger partial charge in [-0.25, -0.2) is 0 Å². The van der Waals surface area contributed by atoms with E-state index >= 15 is 0 Å². The molecule has 0 atom stereocenters. The van der Waals surface area contributed by atoms with Crippen LogP contribution in [0.4, 0.5) is 0 Å². The number of ketones is 1. The Hall–Kier alpha value is -2.03. The van der Waals surface area contributed by atoms with E-state index in [9.17, 15) is 4.79 Å². The van der Waals surface area contributed by atoms with Crippen molar-refractivity contribution in [2.45, 2.75) is 46.0 Å². The maximum atomic E-state index is 12.1. The van der Waals surface area contributed by atoms with Crippen molar-refractivity contribution in [3.8, 4) is 0 Å². The van der Waals surface area contributed by atoms with E-state index in [4.69, 9.17) is 0 Å². The van der Waals surface area contributed by atoms with Gasteiger partial charge in [-0.15, -0.1) is 0 Å². The smallest absolute Gasteiger partial charge is 0.143 e. The lowest BCUT2D eigenvalue weighted by Gasteiger charge is -2.19. The Morgan fingerprint density at radius 2 is 1.62 bits per heavy atom. The monoisotopic (exact) mass is 282 g/mol. The molecule has 21 heavy (non-hydrogen) atoms. The van der Waals surface area contributed by atoms with Gasteiger partial charge in [0.1, 0.15) is 5.78 Å². The number of nitrogens with zero attached hydrogens (tertiary/aromatic N) is 2. The molecule has 0 saturated carbocycles. The number of rotatable bonds is 4. The van der Waals surface area contributed by atoms with E-state index in [-0.39, 0.29) is 11.2 Å². The molecule has 1 heterocycles. The zero-order valence-electron chi connectivity index (χ0n) is 13.2. The quantitative estimate of drug-likeness (QED) is 0.862. The molecular formula is C18H22N2O. The molecule has 3 nitrogen and oxygen atoms in total. The van der Waals surface area contributed by atoms with Crippen molar-refractivity contribution in [1.29, 1.82) is 0 Å². The van der Waals surface area contributed by atoms with Crippen molar-refractivity contribution >= 4 is 5.78 Å². The average Bonchev–Trinajstić information content (AvgIpc) is 2.41. The zero-order valence-corrected chi connectivity index (χ0v) is 13.2. The summed E-state index contributed by atoms with van der Waals surface area (Å²) in [5, 5.41) is 8.01. The highest BCUT2D eigenvalue weighted by Gasteiger charge is 2.13. The molecule has 0 aliphatic carbocycles. The number of aryl methyl sites for hydroxylation is 1. The van der Waals surface area contributed by atoms with Gasteiger partial charge in [-0.3, -0.25) is 4.79 Å². The van der Waals surface area contributed by atoms with Crippen molar-refractivity contribution in [2.24, 2.45) is 0 Å². The molecule has 110 valence electrons. The summed E-state index contributed by atoms with van der Waals surface area (Å²) in [6, 6.07) is 12.0. The Kier molecular flexibility index (Phi) is 4.51. The summed E-state index contributed by atoms with van der Waals surface area (Å²) in [5.41, 5.74) is 4.07. The highest BCUT2D eigenvalue weighted by Crippen LogP contribution is 2.22. The van der Waals surface area contributed by atoms with E-state index in [1.807, 2.05) is 31.2 Å². The van der Waals surface area contributed by atoms with Crippen molar-refractivity contribution in [1.82, 2.24) is 10.2 Å². The van der Waals surface area contributed by atoms with Gasteiger partial charge < -0.3 is 0 Å². The molecule has 1 aromatic heterocycles. The van der Waals surface area contributed by atoms with Gasteiger partial charge in [0.2, 0.25) is 0 Å². The Bertz CT molecular complexity index is 607. The fourth-order valence-electron chi connectivity index (χ4n) is 2.14. The van der Waals surface area contributed by atoms with Gasteiger partial charge >= 0.3 is 0 Å². The van der Waals surface area contributed by atoms with Crippen LogP contribution in [-0.2, 0) is 23.1 Å². The Morgan fingerprint density at radius 3 is 2.14 bits per heavy atom. The van der Waals surface area contributed by atoms with Crippen LogP contribution in [-0.4, -0.2) is 16.0 Å². The van der Waals surface area contributed by atoms with Crippen LogP contribution in [0, 0.1) is 6.92 Å². The predicted molar refractivity (Wildman–Crippen MR) is 84.3 cm³/mol. The second kappa shape index (κ2) is 6.17. The second-order valence-corrected chi connectivity index (χ2v) is 6.51. The van der Waals surface area contributed by atoms with Crippen molar-refractivity contribution in [2.75, 3.05) is 0 Å². The minimum atomic E-state index is 0.139. The van der Waals surface area contributed by atoms with Crippen LogP contribution in [0.25, 0.3) is 0 Å². The molecule has 0 saturated heterocycles. The normalized spacial score (nSPS) is 11.4. The van der Waals surface area contributed by atoms with Crippen LogP contribution in [0.5, 0.6) is 0 Å². The molecule has 0 spiro atoms. The molecule has 0 N–H and O–H groups in total. The summed E-state index contributed by atoms with van der Waals surface area (Å²) < 4.78 is 0. The Labute approximate surface area is 126 Å². The maximum Gasteiger partial charge on any atom is 0.143 e. The van der Waals surface area contributed by atoms with Crippen molar-refractivity contribution < 1.29 is 4.79 Å². The summed E-state index contributed by atoms with van der Waals surface area (Å²) in [7, 11) is 0. The van der Waals surface area contributed by atoms with E-state index in [1.165, 1.54) is 5.56 Å². The number of carbonyl (C=O) groups is 1. The third-order valence-electron chi connectivity index (χ3n) is 3.45. The lowest BCUT2D eigenvalue weighted by atomic mass is 9.86. The SMILES string of the molecule is Cc1ccc(CC(=O)Cc2ccc(C(C)(C)C)cc2)nn1. The third-order valence-corrected chi connectivity index (χ3v) is 3.45. The van der Waals surface area contributed by atoms with Crippen LogP contribution >= 0.6 is 0 Å². The summed E-state index contributed by atoms with van der Waals surface area (Å²) >= 11 is 0. The molecule has 0 bridgehead atoms. The summed E-state index contributed by atoms with van der Waals surface area (Å²) in [5.74, 6) is 0.164. The predicted octanol–water partition coefficient (Wildman–Crippen LogP) is 3.44. The molecule has 0 aliphatic heterocycles. The van der Waals surface area contributed by atoms with E-state index < -0.39 is 0 Å². The van der Waals surface area contributed by atoms with E-state index in [0.29, 0.717) is 12.8 Å². The van der Waals surface area contributed by atoms with Crippen LogP contribution < -0.4 is 0 Å². The molecule has 2 rings (SSSR count). The summed E-state index contributed by atoms with van der Waals surface area (Å²) in [4.78, 5) is 12.1. The van der Waals surface area contributed by atoms with Crippen LogP contribution in [0.1, 0.15) is 43.3 Å². The molecule has 0 amide bonds. The maximum absolute atomic E-state index is 12.1. The van der Waals surface area contributed by atoms with Crippen LogP contribution in [0.15, 0.2) is 36.4 Å². The van der Waals surface area contributed by atoms with E-state index in [2.05, 4.69) is 43.1 Å². The molecule has 0 radical (unpaired) electrons. The molecule has 3 heteroatoms. The number of hydrogen-bond donors (Lipinski definition) is 0. The number of hydrogen-bond acceptors (Lipinski definition) is 3. The van der Waals surface area contributed by atoms with Gasteiger partial charge in [-0.1, -0.05) is 45.0 Å². The lowest BCUT2D eigenvalue weighted by molar-refractivity contribution is -0.117. The largest absolute Gasteiger partial charge is 0.299 e. The average molecular weight is 282 g/mol. The van der Waals surface area contributed by atoms with Crippen molar-refractivity contribution in [3.05, 3.63) is 58.9 Å². The van der Waals surface area contributed by atoms with Gasteiger partial charge in [0.25, 0.3) is 0 Å². The molecule has 0 aliphatic rings. The number of benzene rings is 1. The van der Waals surface area contributed by atoms with Gasteiger partial charge in [0.15, 0.2) is 0 Å². The minimum Gasteiger partial charge on any atom is -0.299 e. The number of Topliss-reactive ketones (excluding diaryl/α,β-unsaturated/α-hetero) is 1. The van der Waals surface area contributed by atoms with E-state index in [0.717, 1.165) is 17.0 Å². The summed E-state index contributed by atoms with van der Waals surface area (Å²) in [6.07, 6.45) is 0.786. The zero-order chi connectivity index (χ0) is 15.5. The van der Waals surface area contributed by atoms with Gasteiger partial charge in [-0.2, -0.15) is 10.2 Å². The fraction of sp³-hybridized carbons (Fsp3) is 0.389. The molecular weight excluding hydrogens is 260 g/mol. The first-order valence-electron chi connectivity index (χ1n) is 7.25. The molecule has 2 aromatic rings. The summed E-state index contributed by atoms with van der Waals surface area (Å²) in [6.45, 7) is 8.44. The van der Waals surface area contributed by atoms with Gasteiger partial charge in [0.05, 0.1) is 17.8 Å². The second-order valence-electron chi connectivity index (χ2n) is 6.51. The molecule has 1 aromatic carbocycles. The van der Waals surface area contributed by atoms with Gasteiger partial charge in [-0.05, 0) is 35.6 Å².